The fraction of sp³-hybridized carbons (Fsp3) is 0.292. The van der Waals surface area contributed by atoms with Gasteiger partial charge in [0.05, 0.1) is 17.8 Å². The Morgan fingerprint density at radius 2 is 1.75 bits per heavy atom. The Morgan fingerprint density at radius 3 is 2.41 bits per heavy atom. The van der Waals surface area contributed by atoms with Gasteiger partial charge in [0, 0.05) is 17.2 Å². The van der Waals surface area contributed by atoms with Crippen LogP contribution in [0.2, 0.25) is 5.02 Å². The maximum absolute atomic E-state index is 14.1. The summed E-state index contributed by atoms with van der Waals surface area (Å²) in [6, 6.07) is 14.1. The number of methoxy groups -OCH3 is 1. The second-order valence-corrected chi connectivity index (χ2v) is 8.65. The van der Waals surface area contributed by atoms with Gasteiger partial charge in [-0.1, -0.05) is 49.7 Å². The summed E-state index contributed by atoms with van der Waals surface area (Å²) in [5.41, 5.74) is -3.72. The van der Waals surface area contributed by atoms with Gasteiger partial charge in [-0.3, -0.25) is 4.99 Å². The SMILES string of the molecule is COc1c(Cl)cccc1C(C)(C)CC(O)(/C=N/c1cccc2cc(O)ccc12)C(F)(F)F. The second-order valence-electron chi connectivity index (χ2n) is 8.24. The molecule has 0 aliphatic carbocycles. The lowest BCUT2D eigenvalue weighted by atomic mass is 9.75. The smallest absolute Gasteiger partial charge is 0.422 e. The van der Waals surface area contributed by atoms with Crippen molar-refractivity contribution in [1.82, 2.24) is 0 Å². The van der Waals surface area contributed by atoms with Crippen molar-refractivity contribution in [1.29, 1.82) is 0 Å². The molecule has 32 heavy (non-hydrogen) atoms. The maximum Gasteiger partial charge on any atom is 0.422 e. The monoisotopic (exact) mass is 465 g/mol. The molecule has 0 saturated heterocycles. The lowest BCUT2D eigenvalue weighted by Gasteiger charge is -2.36. The number of halogens is 4. The number of hydrogen-bond acceptors (Lipinski definition) is 4. The molecule has 0 heterocycles. The van der Waals surface area contributed by atoms with Gasteiger partial charge in [0.15, 0.2) is 5.60 Å². The zero-order chi connectivity index (χ0) is 23.7. The van der Waals surface area contributed by atoms with E-state index in [0.29, 0.717) is 22.6 Å². The number of phenols is 1. The van der Waals surface area contributed by atoms with Gasteiger partial charge in [0.1, 0.15) is 11.5 Å². The number of alkyl halides is 3. The van der Waals surface area contributed by atoms with Crippen LogP contribution >= 0.6 is 11.6 Å². The molecule has 0 saturated carbocycles. The number of fused-ring (bicyclic) bond motifs is 1. The van der Waals surface area contributed by atoms with Crippen LogP contribution in [0.25, 0.3) is 10.8 Å². The molecule has 2 N–H and O–H groups in total. The van der Waals surface area contributed by atoms with E-state index in [9.17, 15) is 23.4 Å². The molecule has 4 nitrogen and oxygen atoms in total. The molecule has 0 aliphatic rings. The van der Waals surface area contributed by atoms with Crippen LogP contribution in [-0.2, 0) is 5.41 Å². The van der Waals surface area contributed by atoms with Crippen LogP contribution in [0.15, 0.2) is 59.6 Å². The van der Waals surface area contributed by atoms with Crippen LogP contribution in [0.4, 0.5) is 18.9 Å². The van der Waals surface area contributed by atoms with Gasteiger partial charge < -0.3 is 14.9 Å². The summed E-state index contributed by atoms with van der Waals surface area (Å²) in [4.78, 5) is 4.01. The van der Waals surface area contributed by atoms with E-state index in [1.54, 1.807) is 50.2 Å². The van der Waals surface area contributed by atoms with Crippen LogP contribution in [0.1, 0.15) is 25.8 Å². The number of aliphatic imine (C=N–C) groups is 1. The normalized spacial score (nSPS) is 14.6. The van der Waals surface area contributed by atoms with Gasteiger partial charge in [-0.15, -0.1) is 0 Å². The van der Waals surface area contributed by atoms with E-state index >= 15 is 0 Å². The summed E-state index contributed by atoms with van der Waals surface area (Å²) in [5, 5.41) is 21.8. The Morgan fingerprint density at radius 1 is 1.06 bits per heavy atom. The lowest BCUT2D eigenvalue weighted by molar-refractivity contribution is -0.234. The Labute approximate surface area is 188 Å². The van der Waals surface area contributed by atoms with Gasteiger partial charge in [0.25, 0.3) is 0 Å². The fourth-order valence-corrected chi connectivity index (χ4v) is 4.03. The van der Waals surface area contributed by atoms with E-state index in [-0.39, 0.29) is 22.2 Å². The van der Waals surface area contributed by atoms with Crippen molar-refractivity contribution in [2.24, 2.45) is 4.99 Å². The molecule has 0 bridgehead atoms. The van der Waals surface area contributed by atoms with Crippen molar-refractivity contribution >= 4 is 34.3 Å². The Bertz CT molecular complexity index is 1160. The molecule has 0 amide bonds. The van der Waals surface area contributed by atoms with E-state index in [0.717, 1.165) is 0 Å². The summed E-state index contributed by atoms with van der Waals surface area (Å²) in [6.45, 7) is 3.15. The zero-order valence-electron chi connectivity index (χ0n) is 17.7. The number of rotatable bonds is 6. The van der Waals surface area contributed by atoms with Crippen molar-refractivity contribution in [3.05, 3.63) is 65.2 Å². The van der Waals surface area contributed by atoms with E-state index in [1.807, 2.05) is 0 Å². The van der Waals surface area contributed by atoms with Crippen LogP contribution in [0, 0.1) is 0 Å². The minimum absolute atomic E-state index is 0.0302. The summed E-state index contributed by atoms with van der Waals surface area (Å²) in [5.74, 6) is 0.289. The topological polar surface area (TPSA) is 62.0 Å². The van der Waals surface area contributed by atoms with Crippen LogP contribution in [0.5, 0.6) is 11.5 Å². The molecule has 0 aliphatic heterocycles. The van der Waals surface area contributed by atoms with E-state index in [2.05, 4.69) is 4.99 Å². The molecule has 3 rings (SSSR count). The van der Waals surface area contributed by atoms with Crippen molar-refractivity contribution in [2.75, 3.05) is 7.11 Å². The molecule has 1 unspecified atom stereocenters. The Hall–Kier alpha value is -2.77. The fourth-order valence-electron chi connectivity index (χ4n) is 3.78. The average Bonchev–Trinajstić information content (AvgIpc) is 2.70. The van der Waals surface area contributed by atoms with E-state index in [4.69, 9.17) is 16.3 Å². The molecular formula is C24H23ClF3NO3. The minimum Gasteiger partial charge on any atom is -0.508 e. The first-order valence-corrected chi connectivity index (χ1v) is 10.1. The first kappa shape index (κ1) is 23.9. The first-order chi connectivity index (χ1) is 14.9. The molecule has 8 heteroatoms. The van der Waals surface area contributed by atoms with Crippen molar-refractivity contribution in [3.8, 4) is 11.5 Å². The highest BCUT2D eigenvalue weighted by Gasteiger charge is 2.55. The first-order valence-electron chi connectivity index (χ1n) is 9.77. The number of nitrogens with zero attached hydrogens (tertiary/aromatic N) is 1. The molecule has 0 radical (unpaired) electrons. The molecular weight excluding hydrogens is 443 g/mol. The summed E-state index contributed by atoms with van der Waals surface area (Å²) in [7, 11) is 1.39. The summed E-state index contributed by atoms with van der Waals surface area (Å²) in [6.07, 6.45) is -5.16. The average molecular weight is 466 g/mol. The molecule has 3 aromatic carbocycles. The quantitative estimate of drug-likeness (QED) is 0.405. The van der Waals surface area contributed by atoms with Crippen molar-refractivity contribution < 1.29 is 28.1 Å². The summed E-state index contributed by atoms with van der Waals surface area (Å²) < 4.78 is 47.5. The third kappa shape index (κ3) is 4.69. The predicted molar refractivity (Wildman–Crippen MR) is 120 cm³/mol. The number of benzene rings is 3. The van der Waals surface area contributed by atoms with Gasteiger partial charge >= 0.3 is 6.18 Å². The van der Waals surface area contributed by atoms with Crippen molar-refractivity contribution in [3.63, 3.8) is 0 Å². The van der Waals surface area contributed by atoms with Gasteiger partial charge in [0.2, 0.25) is 0 Å². The van der Waals surface area contributed by atoms with Crippen LogP contribution < -0.4 is 4.74 Å². The van der Waals surface area contributed by atoms with Crippen LogP contribution in [0.3, 0.4) is 0 Å². The number of ether oxygens (including phenoxy) is 1. The largest absolute Gasteiger partial charge is 0.508 e. The number of para-hydroxylation sites is 1. The van der Waals surface area contributed by atoms with Gasteiger partial charge in [-0.05, 0) is 47.6 Å². The molecule has 0 spiro atoms. The lowest BCUT2D eigenvalue weighted by Crippen LogP contribution is -2.50. The zero-order valence-corrected chi connectivity index (χ0v) is 18.5. The highest BCUT2D eigenvalue weighted by Crippen LogP contribution is 2.44. The van der Waals surface area contributed by atoms with E-state index in [1.165, 1.54) is 25.3 Å². The molecule has 0 fully saturated rings. The number of aliphatic hydroxyl groups is 1. The summed E-state index contributed by atoms with van der Waals surface area (Å²) >= 11 is 6.15. The number of aromatic hydroxyl groups is 1. The number of hydrogen-bond donors (Lipinski definition) is 2. The maximum atomic E-state index is 14.1. The number of phenolic OH excluding ortho intramolecular Hbond substituents is 1. The van der Waals surface area contributed by atoms with Crippen molar-refractivity contribution in [2.45, 2.75) is 37.5 Å². The molecule has 1 atom stereocenters. The Balaban J connectivity index is 2.04. The molecule has 170 valence electrons. The predicted octanol–water partition coefficient (Wildman–Crippen LogP) is 6.57. The standard InChI is InChI=1S/C24H23ClF3NO3/c1-22(2,18-7-5-8-19(25)21(18)32-3)13-23(31,24(26,27)28)14-29-20-9-4-6-15-12-16(30)10-11-17(15)20/h4-12,14,30-31H,13H2,1-3H3/b29-14+. The highest BCUT2D eigenvalue weighted by atomic mass is 35.5. The minimum atomic E-state index is -4.98. The third-order valence-electron chi connectivity index (χ3n) is 5.36. The third-order valence-corrected chi connectivity index (χ3v) is 5.66. The highest BCUT2D eigenvalue weighted by molar-refractivity contribution is 6.32. The van der Waals surface area contributed by atoms with Gasteiger partial charge in [-0.25, -0.2) is 0 Å². The van der Waals surface area contributed by atoms with Gasteiger partial charge in [-0.2, -0.15) is 13.2 Å². The second kappa shape index (κ2) is 8.64. The van der Waals surface area contributed by atoms with E-state index < -0.39 is 23.6 Å². The van der Waals surface area contributed by atoms with Crippen LogP contribution in [-0.4, -0.2) is 35.3 Å². The molecule has 0 aromatic heterocycles. The Kier molecular flexibility index (Phi) is 6.45. The molecule has 3 aromatic rings.